The molecule has 0 spiro atoms. The summed E-state index contributed by atoms with van der Waals surface area (Å²) in [7, 11) is 0. The van der Waals surface area contributed by atoms with E-state index in [1.807, 2.05) is 0 Å². The Morgan fingerprint density at radius 1 is 1.15 bits per heavy atom. The normalized spacial score (nSPS) is 31.9. The first-order valence-electron chi connectivity index (χ1n) is 9.39. The van der Waals surface area contributed by atoms with Crippen LogP contribution in [0.1, 0.15) is 43.5 Å². The molecule has 0 radical (unpaired) electrons. The van der Waals surface area contributed by atoms with Crippen LogP contribution >= 0.6 is 11.3 Å². The van der Waals surface area contributed by atoms with Gasteiger partial charge in [-0.3, -0.25) is 14.9 Å². The molecule has 0 saturated heterocycles. The third-order valence-corrected chi connectivity index (χ3v) is 7.46. The topological polar surface area (TPSA) is 76.9 Å². The fourth-order valence-corrected chi connectivity index (χ4v) is 6.74. The maximum Gasteiger partial charge on any atom is 0.250 e. The molecule has 2 heterocycles. The van der Waals surface area contributed by atoms with E-state index in [1.54, 1.807) is 18.3 Å². The molecule has 4 aliphatic rings. The zero-order chi connectivity index (χ0) is 17.7. The van der Waals surface area contributed by atoms with E-state index in [2.05, 4.69) is 15.5 Å². The molecule has 1 amide bonds. The Morgan fingerprint density at radius 2 is 1.85 bits per heavy atom. The van der Waals surface area contributed by atoms with Crippen molar-refractivity contribution in [3.63, 3.8) is 0 Å². The summed E-state index contributed by atoms with van der Waals surface area (Å²) in [5.74, 6) is 2.32. The average Bonchev–Trinajstić information content (AvgIpc) is 3.05. The fraction of sp³-hybridized carbons (Fsp3) is 0.579. The number of hydrogen-bond acceptors (Lipinski definition) is 5. The van der Waals surface area contributed by atoms with Gasteiger partial charge in [-0.2, -0.15) is 0 Å². The molecule has 4 fully saturated rings. The van der Waals surface area contributed by atoms with E-state index in [9.17, 15) is 9.59 Å². The van der Waals surface area contributed by atoms with Gasteiger partial charge in [0.2, 0.25) is 11.0 Å². The van der Waals surface area contributed by atoms with Gasteiger partial charge in [-0.25, -0.2) is 0 Å². The van der Waals surface area contributed by atoms with Crippen LogP contribution in [0.15, 0.2) is 29.2 Å². The van der Waals surface area contributed by atoms with E-state index in [-0.39, 0.29) is 23.4 Å². The number of pyridine rings is 1. The minimum Gasteiger partial charge on any atom is -0.306 e. The quantitative estimate of drug-likeness (QED) is 0.898. The first-order valence-corrected chi connectivity index (χ1v) is 10.2. The van der Waals surface area contributed by atoms with E-state index in [0.29, 0.717) is 5.13 Å². The van der Waals surface area contributed by atoms with Gasteiger partial charge in [0.15, 0.2) is 0 Å². The maximum absolute atomic E-state index is 12.3. The molecule has 1 N–H and O–H groups in total. The first-order chi connectivity index (χ1) is 12.6. The zero-order valence-corrected chi connectivity index (χ0v) is 15.4. The van der Waals surface area contributed by atoms with Crippen LogP contribution < -0.4 is 10.9 Å². The molecule has 6 rings (SSSR count). The van der Waals surface area contributed by atoms with Crippen molar-refractivity contribution in [2.75, 3.05) is 5.32 Å². The van der Waals surface area contributed by atoms with E-state index in [0.717, 1.165) is 22.8 Å². The van der Waals surface area contributed by atoms with Crippen molar-refractivity contribution < 1.29 is 4.79 Å². The zero-order valence-electron chi connectivity index (χ0n) is 14.6. The summed E-state index contributed by atoms with van der Waals surface area (Å²) < 4.78 is 1.39. The van der Waals surface area contributed by atoms with Crippen LogP contribution in [-0.2, 0) is 16.8 Å². The van der Waals surface area contributed by atoms with Gasteiger partial charge < -0.3 is 4.57 Å². The molecule has 6 nitrogen and oxygen atoms in total. The summed E-state index contributed by atoms with van der Waals surface area (Å²) >= 11 is 1.52. The molecule has 4 aliphatic carbocycles. The van der Waals surface area contributed by atoms with Gasteiger partial charge in [-0.05, 0) is 62.3 Å². The second kappa shape index (κ2) is 6.01. The molecule has 136 valence electrons. The Hall–Kier alpha value is -2.02. The highest BCUT2D eigenvalue weighted by Gasteiger charge is 2.53. The van der Waals surface area contributed by atoms with Crippen molar-refractivity contribution in [3.8, 4) is 0 Å². The first kappa shape index (κ1) is 16.2. The lowest BCUT2D eigenvalue weighted by Crippen LogP contribution is -2.48. The highest BCUT2D eigenvalue weighted by molar-refractivity contribution is 7.15. The number of aromatic nitrogens is 3. The summed E-state index contributed by atoms with van der Waals surface area (Å²) in [6.45, 7) is -0.00798. The molecule has 4 bridgehead atoms. The van der Waals surface area contributed by atoms with Gasteiger partial charge in [0.25, 0.3) is 5.56 Å². The molecule has 0 atom stereocenters. The number of nitrogens with one attached hydrogen (secondary N) is 1. The predicted octanol–water partition coefficient (Wildman–Crippen LogP) is 2.81. The van der Waals surface area contributed by atoms with Gasteiger partial charge in [0.05, 0.1) is 0 Å². The Kier molecular flexibility index (Phi) is 3.74. The van der Waals surface area contributed by atoms with Gasteiger partial charge in [0, 0.05) is 17.7 Å². The minimum absolute atomic E-state index is 0.00798. The van der Waals surface area contributed by atoms with Gasteiger partial charge in [-0.15, -0.1) is 10.2 Å². The summed E-state index contributed by atoms with van der Waals surface area (Å²) in [6.07, 6.45) is 9.51. The van der Waals surface area contributed by atoms with E-state index >= 15 is 0 Å². The standard InChI is InChI=1S/C19H22N4O2S/c24-15(11-23-4-2-1-3-16(23)25)20-18-22-21-17(26-18)19-8-12-5-13(9-19)7-14(6-12)10-19/h1-4,12-14H,5-11H2,(H,20,22,24). The van der Waals surface area contributed by atoms with Crippen LogP contribution in [0.25, 0.3) is 0 Å². The smallest absolute Gasteiger partial charge is 0.250 e. The molecule has 2 aromatic heterocycles. The van der Waals surface area contributed by atoms with Crippen molar-refractivity contribution in [2.45, 2.75) is 50.5 Å². The number of rotatable bonds is 4. The molecular weight excluding hydrogens is 348 g/mol. The lowest BCUT2D eigenvalue weighted by Gasteiger charge is -2.55. The third-order valence-electron chi connectivity index (χ3n) is 6.38. The Bertz CT molecular complexity index is 867. The van der Waals surface area contributed by atoms with Gasteiger partial charge in [0.1, 0.15) is 11.6 Å². The molecule has 7 heteroatoms. The van der Waals surface area contributed by atoms with Crippen LogP contribution in [0.2, 0.25) is 0 Å². The Balaban J connectivity index is 1.31. The molecular formula is C19H22N4O2S. The molecule has 0 aromatic carbocycles. The molecule has 4 saturated carbocycles. The number of carbonyl (C=O) groups excluding carboxylic acids is 1. The number of carbonyl (C=O) groups is 1. The Morgan fingerprint density at radius 3 is 2.50 bits per heavy atom. The number of hydrogen-bond donors (Lipinski definition) is 1. The van der Waals surface area contributed by atoms with Crippen LogP contribution in [0.3, 0.4) is 0 Å². The van der Waals surface area contributed by atoms with E-state index in [1.165, 1.54) is 60.5 Å². The fourth-order valence-electron chi connectivity index (χ4n) is 5.77. The third kappa shape index (κ3) is 2.78. The van der Waals surface area contributed by atoms with Crippen molar-refractivity contribution in [2.24, 2.45) is 17.8 Å². The van der Waals surface area contributed by atoms with Crippen molar-refractivity contribution in [1.82, 2.24) is 14.8 Å². The summed E-state index contributed by atoms with van der Waals surface area (Å²) in [5.41, 5.74) is 0.0142. The average molecular weight is 370 g/mol. The highest BCUT2D eigenvalue weighted by Crippen LogP contribution is 2.61. The molecule has 2 aromatic rings. The monoisotopic (exact) mass is 370 g/mol. The Labute approximate surface area is 155 Å². The number of amides is 1. The molecule has 0 aliphatic heterocycles. The van der Waals surface area contributed by atoms with Crippen LogP contribution in [0.4, 0.5) is 5.13 Å². The van der Waals surface area contributed by atoms with Crippen LogP contribution in [-0.4, -0.2) is 20.7 Å². The summed E-state index contributed by atoms with van der Waals surface area (Å²) in [4.78, 5) is 24.0. The molecule has 0 unspecified atom stereocenters. The molecule has 26 heavy (non-hydrogen) atoms. The minimum atomic E-state index is -0.244. The number of nitrogens with zero attached hydrogens (tertiary/aromatic N) is 3. The largest absolute Gasteiger partial charge is 0.306 e. The van der Waals surface area contributed by atoms with Crippen molar-refractivity contribution >= 4 is 22.4 Å². The second-order valence-corrected chi connectivity index (χ2v) is 9.30. The van der Waals surface area contributed by atoms with E-state index in [4.69, 9.17) is 0 Å². The summed E-state index contributed by atoms with van der Waals surface area (Å²) in [5, 5.41) is 13.2. The van der Waals surface area contributed by atoms with E-state index < -0.39 is 0 Å². The van der Waals surface area contributed by atoms with Crippen molar-refractivity contribution in [3.05, 3.63) is 39.8 Å². The maximum atomic E-state index is 12.3. The highest BCUT2D eigenvalue weighted by atomic mass is 32.1. The number of anilines is 1. The van der Waals surface area contributed by atoms with Gasteiger partial charge >= 0.3 is 0 Å². The lowest BCUT2D eigenvalue weighted by molar-refractivity contribution is -0.116. The van der Waals surface area contributed by atoms with Crippen molar-refractivity contribution in [1.29, 1.82) is 0 Å². The van der Waals surface area contributed by atoms with Crippen LogP contribution in [0.5, 0.6) is 0 Å². The summed E-state index contributed by atoms with van der Waals surface area (Å²) in [6, 6.07) is 4.85. The van der Waals surface area contributed by atoms with Crippen LogP contribution in [0, 0.1) is 17.8 Å². The predicted molar refractivity (Wildman–Crippen MR) is 99.1 cm³/mol. The lowest BCUT2D eigenvalue weighted by atomic mass is 9.50. The second-order valence-electron chi connectivity index (χ2n) is 8.33. The SMILES string of the molecule is O=C(Cn1ccccc1=O)Nc1nnc(C23CC4CC(CC(C4)C2)C3)s1. The van der Waals surface area contributed by atoms with Gasteiger partial charge in [-0.1, -0.05) is 17.4 Å².